The van der Waals surface area contributed by atoms with Gasteiger partial charge in [0, 0.05) is 0 Å². The Morgan fingerprint density at radius 1 is 1.18 bits per heavy atom. The molecule has 5 heteroatoms. The Morgan fingerprint density at radius 3 is 2.82 bits per heavy atom. The number of benzene rings is 1. The lowest BCUT2D eigenvalue weighted by atomic mass is 10.2. The maximum absolute atomic E-state index is 5.29. The average molecular weight is 242 g/mol. The fourth-order valence-corrected chi connectivity index (χ4v) is 2.04. The monoisotopic (exact) mass is 242 g/mol. The van der Waals surface area contributed by atoms with Gasteiger partial charge in [-0.1, -0.05) is 50.9 Å². The molecule has 0 unspecified atom stereocenters. The molecule has 0 amide bonds. The van der Waals surface area contributed by atoms with Gasteiger partial charge in [-0.3, -0.25) is 0 Å². The second-order valence-corrected chi connectivity index (χ2v) is 4.18. The molecule has 0 N–H and O–H groups in total. The summed E-state index contributed by atoms with van der Waals surface area (Å²) in [6, 6.07) is 12.0. The van der Waals surface area contributed by atoms with Crippen LogP contribution in [0.2, 0.25) is 0 Å². The molecule has 1 aromatic carbocycles. The molecule has 0 aliphatic heterocycles. The van der Waals surface area contributed by atoms with E-state index in [9.17, 15) is 0 Å². The van der Waals surface area contributed by atoms with Gasteiger partial charge in [0.05, 0.1) is 6.20 Å². The van der Waals surface area contributed by atoms with Crippen LogP contribution >= 0.6 is 0 Å². The lowest BCUT2D eigenvalue weighted by Crippen LogP contribution is -2.37. The van der Waals surface area contributed by atoms with E-state index in [4.69, 9.17) is 12.6 Å². The molecule has 3 aromatic rings. The van der Waals surface area contributed by atoms with Crippen molar-refractivity contribution in [2.24, 2.45) is 0 Å². The van der Waals surface area contributed by atoms with Gasteiger partial charge in [-0.2, -0.15) is 0 Å². The number of aromatic nitrogens is 4. The summed E-state index contributed by atoms with van der Waals surface area (Å²) in [5, 5.41) is 8.47. The molecule has 0 bridgehead atoms. The zero-order valence-corrected chi connectivity index (χ0v) is 9.84. The molecule has 0 atom stereocenters. The van der Waals surface area contributed by atoms with Gasteiger partial charge in [-0.05, 0) is 10.7 Å². The summed E-state index contributed by atoms with van der Waals surface area (Å²) in [6.45, 7) is 0.701. The van der Waals surface area contributed by atoms with Gasteiger partial charge in [0.1, 0.15) is 6.54 Å². The highest BCUT2D eigenvalue weighted by atomic mass is 32.1. The molecular weight excluding hydrogens is 232 g/mol. The predicted octanol–water partition coefficient (Wildman–Crippen LogP) is 0.971. The van der Waals surface area contributed by atoms with Gasteiger partial charge < -0.3 is 12.6 Å². The molecular formula is C12H10N4S. The van der Waals surface area contributed by atoms with Crippen LogP contribution in [0.4, 0.5) is 0 Å². The van der Waals surface area contributed by atoms with Crippen molar-refractivity contribution in [1.29, 1.82) is 0 Å². The van der Waals surface area contributed by atoms with E-state index in [-0.39, 0.29) is 0 Å². The van der Waals surface area contributed by atoms with Crippen molar-refractivity contribution in [3.8, 4) is 0 Å². The van der Waals surface area contributed by atoms with Crippen molar-refractivity contribution < 1.29 is 4.68 Å². The van der Waals surface area contributed by atoms with Crippen LogP contribution in [0.5, 0.6) is 0 Å². The molecule has 4 nitrogen and oxygen atoms in total. The molecule has 0 spiro atoms. The topological polar surface area (TPSA) is 34.1 Å². The molecule has 2 aromatic heterocycles. The minimum Gasteiger partial charge on any atom is -0.772 e. The molecule has 3 rings (SSSR count). The Balaban J connectivity index is 2.07. The van der Waals surface area contributed by atoms with Crippen molar-refractivity contribution in [3.63, 3.8) is 0 Å². The van der Waals surface area contributed by atoms with E-state index in [1.807, 2.05) is 28.9 Å². The first-order valence-corrected chi connectivity index (χ1v) is 5.69. The van der Waals surface area contributed by atoms with E-state index >= 15 is 0 Å². The maximum atomic E-state index is 5.29. The van der Waals surface area contributed by atoms with Gasteiger partial charge in [-0.15, -0.1) is 4.68 Å². The average Bonchev–Trinajstić information content (AvgIpc) is 2.75. The second-order valence-electron chi connectivity index (χ2n) is 3.74. The number of hydrogen-bond donors (Lipinski definition) is 0. The van der Waals surface area contributed by atoms with E-state index < -0.39 is 0 Å². The third kappa shape index (κ3) is 1.85. The van der Waals surface area contributed by atoms with Crippen LogP contribution in [0.3, 0.4) is 0 Å². The normalized spacial score (nSPS) is 10.8. The van der Waals surface area contributed by atoms with Crippen LogP contribution in [0.15, 0.2) is 53.8 Å². The maximum Gasteiger partial charge on any atom is 0.310 e. The van der Waals surface area contributed by atoms with Gasteiger partial charge >= 0.3 is 5.65 Å². The van der Waals surface area contributed by atoms with E-state index in [1.165, 1.54) is 5.56 Å². The zero-order chi connectivity index (χ0) is 11.7. The van der Waals surface area contributed by atoms with Crippen molar-refractivity contribution >= 4 is 18.3 Å². The van der Waals surface area contributed by atoms with E-state index in [0.717, 1.165) is 10.5 Å². The van der Waals surface area contributed by atoms with Crippen molar-refractivity contribution in [2.75, 3.05) is 0 Å². The Morgan fingerprint density at radius 2 is 2.00 bits per heavy atom. The summed E-state index contributed by atoms with van der Waals surface area (Å²) in [5.74, 6) is 0. The molecule has 0 saturated heterocycles. The Bertz CT molecular complexity index is 648. The van der Waals surface area contributed by atoms with Crippen LogP contribution in [0.1, 0.15) is 5.56 Å². The van der Waals surface area contributed by atoms with E-state index in [2.05, 4.69) is 22.3 Å². The Labute approximate surface area is 104 Å². The van der Waals surface area contributed by atoms with Crippen molar-refractivity contribution in [3.05, 3.63) is 54.5 Å². The van der Waals surface area contributed by atoms with Gasteiger partial charge in [0.25, 0.3) is 6.33 Å². The summed E-state index contributed by atoms with van der Waals surface area (Å²) in [5.41, 5.74) is 2.04. The van der Waals surface area contributed by atoms with E-state index in [0.29, 0.717) is 6.54 Å². The first-order chi connectivity index (χ1) is 8.34. The lowest BCUT2D eigenvalue weighted by Gasteiger charge is -2.02. The van der Waals surface area contributed by atoms with Crippen molar-refractivity contribution in [1.82, 2.24) is 14.7 Å². The van der Waals surface area contributed by atoms with Crippen LogP contribution in [-0.4, -0.2) is 14.7 Å². The minimum absolute atomic E-state index is 0.701. The first kappa shape index (κ1) is 10.2. The summed E-state index contributed by atoms with van der Waals surface area (Å²) in [6.07, 6.45) is 3.36. The van der Waals surface area contributed by atoms with Crippen LogP contribution in [0.25, 0.3) is 5.65 Å². The standard InChI is InChI=1S/C12H10N4S/c17-11-6-7-13-16-9-14-15(12(11)16)8-10-4-2-1-3-5-10/h1-7,9H,8H2. The third-order valence-corrected chi connectivity index (χ3v) is 2.89. The summed E-state index contributed by atoms with van der Waals surface area (Å²) in [7, 11) is 0. The minimum atomic E-state index is 0.701. The predicted molar refractivity (Wildman–Crippen MR) is 64.4 cm³/mol. The Kier molecular flexibility index (Phi) is 2.45. The van der Waals surface area contributed by atoms with Crippen LogP contribution in [0, 0.1) is 0 Å². The number of nitrogens with zero attached hydrogens (tertiary/aromatic N) is 4. The quantitative estimate of drug-likeness (QED) is 0.496. The number of fused-ring (bicyclic) bond motifs is 1. The third-order valence-electron chi connectivity index (χ3n) is 2.57. The summed E-state index contributed by atoms with van der Waals surface area (Å²) >= 11 is 5.29. The second kappa shape index (κ2) is 4.10. The highest BCUT2D eigenvalue weighted by Crippen LogP contribution is 2.04. The largest absolute Gasteiger partial charge is 0.772 e. The van der Waals surface area contributed by atoms with Crippen LogP contribution < -0.4 is 4.68 Å². The molecule has 2 heterocycles. The highest BCUT2D eigenvalue weighted by molar-refractivity contribution is 7.59. The molecule has 0 aliphatic carbocycles. The fourth-order valence-electron chi connectivity index (χ4n) is 1.78. The first-order valence-electron chi connectivity index (χ1n) is 5.28. The lowest BCUT2D eigenvalue weighted by molar-refractivity contribution is -0.721. The SMILES string of the molecule is [S-]c1ccnn2cn[n+](Cc3ccccc3)c12. The number of hydrogen-bond acceptors (Lipinski definition) is 3. The highest BCUT2D eigenvalue weighted by Gasteiger charge is 2.12. The number of rotatable bonds is 2. The molecule has 17 heavy (non-hydrogen) atoms. The molecule has 0 radical (unpaired) electrons. The van der Waals surface area contributed by atoms with Crippen molar-refractivity contribution in [2.45, 2.75) is 11.4 Å². The van der Waals surface area contributed by atoms with Gasteiger partial charge in [0.2, 0.25) is 0 Å². The summed E-state index contributed by atoms with van der Waals surface area (Å²) in [4.78, 5) is 0.758. The smallest absolute Gasteiger partial charge is 0.310 e. The summed E-state index contributed by atoms with van der Waals surface area (Å²) < 4.78 is 3.57. The fraction of sp³-hybridized carbons (Fsp3) is 0.0833. The van der Waals surface area contributed by atoms with Gasteiger partial charge in [0.15, 0.2) is 0 Å². The van der Waals surface area contributed by atoms with E-state index in [1.54, 1.807) is 17.0 Å². The molecule has 0 aliphatic rings. The molecule has 0 saturated carbocycles. The van der Waals surface area contributed by atoms with Crippen LogP contribution in [-0.2, 0) is 19.2 Å². The molecule has 84 valence electrons. The molecule has 0 fully saturated rings. The zero-order valence-electron chi connectivity index (χ0n) is 9.02. The Hall–Kier alpha value is -2.01. The van der Waals surface area contributed by atoms with Gasteiger partial charge in [-0.25, -0.2) is 0 Å².